The van der Waals surface area contributed by atoms with Gasteiger partial charge in [0.25, 0.3) is 11.7 Å². The summed E-state index contributed by atoms with van der Waals surface area (Å²) in [7, 11) is 0. The third-order valence-corrected chi connectivity index (χ3v) is 6.76. The van der Waals surface area contributed by atoms with Gasteiger partial charge < -0.3 is 9.84 Å². The molecule has 3 aromatic carbocycles. The Labute approximate surface area is 213 Å². The Balaban J connectivity index is 1.96. The first kappa shape index (κ1) is 25.2. The fourth-order valence-corrected chi connectivity index (χ4v) is 4.73. The molecule has 1 amide bonds. The summed E-state index contributed by atoms with van der Waals surface area (Å²) in [4.78, 5) is 28.5. The van der Waals surface area contributed by atoms with Crippen LogP contribution in [0.3, 0.4) is 0 Å². The van der Waals surface area contributed by atoms with Crippen molar-refractivity contribution in [2.75, 3.05) is 11.5 Å². The van der Waals surface area contributed by atoms with Gasteiger partial charge in [0.05, 0.1) is 18.2 Å². The number of rotatable bonds is 5. The fourth-order valence-electron chi connectivity index (χ4n) is 4.73. The quantitative estimate of drug-likeness (QED) is 0.251. The summed E-state index contributed by atoms with van der Waals surface area (Å²) in [5.41, 5.74) is 4.55. The van der Waals surface area contributed by atoms with Crippen molar-refractivity contribution in [3.05, 3.63) is 100 Å². The van der Waals surface area contributed by atoms with E-state index in [1.807, 2.05) is 81.4 Å². The molecule has 0 radical (unpaired) electrons. The van der Waals surface area contributed by atoms with Crippen molar-refractivity contribution in [3.8, 4) is 5.75 Å². The van der Waals surface area contributed by atoms with Crippen LogP contribution in [0.15, 0.2) is 72.3 Å². The minimum atomic E-state index is -0.753. The van der Waals surface area contributed by atoms with Crippen LogP contribution in [0.4, 0.5) is 5.69 Å². The predicted octanol–water partition coefficient (Wildman–Crippen LogP) is 6.63. The summed E-state index contributed by atoms with van der Waals surface area (Å²) in [6.45, 7) is 12.6. The van der Waals surface area contributed by atoms with E-state index in [9.17, 15) is 14.7 Å². The van der Waals surface area contributed by atoms with Gasteiger partial charge >= 0.3 is 0 Å². The molecule has 186 valence electrons. The maximum absolute atomic E-state index is 13.5. The molecule has 0 spiro atoms. The number of hydrogen-bond acceptors (Lipinski definition) is 4. The SMILES string of the molecule is CCOc1ccc(/C(O)=C2/C(=O)C(=O)N(c3cccc(C)c3C)C2c2ccccc2)cc1C(C)(C)C. The molecular weight excluding hydrogens is 450 g/mol. The number of nitrogens with zero attached hydrogens (tertiary/aromatic N) is 1. The van der Waals surface area contributed by atoms with Gasteiger partial charge in [0, 0.05) is 16.8 Å². The molecule has 4 rings (SSSR count). The zero-order valence-electron chi connectivity index (χ0n) is 21.8. The summed E-state index contributed by atoms with van der Waals surface area (Å²) >= 11 is 0. The average molecular weight is 484 g/mol. The second kappa shape index (κ2) is 9.65. The van der Waals surface area contributed by atoms with Crippen molar-refractivity contribution < 1.29 is 19.4 Å². The lowest BCUT2D eigenvalue weighted by Crippen LogP contribution is -2.30. The zero-order valence-corrected chi connectivity index (χ0v) is 21.8. The van der Waals surface area contributed by atoms with Crippen LogP contribution >= 0.6 is 0 Å². The lowest BCUT2D eigenvalue weighted by atomic mass is 9.84. The summed E-state index contributed by atoms with van der Waals surface area (Å²) in [5, 5.41) is 11.6. The van der Waals surface area contributed by atoms with E-state index in [0.29, 0.717) is 17.9 Å². The minimum absolute atomic E-state index is 0.0797. The van der Waals surface area contributed by atoms with Gasteiger partial charge in [0.15, 0.2) is 0 Å². The van der Waals surface area contributed by atoms with Gasteiger partial charge in [-0.15, -0.1) is 0 Å². The van der Waals surface area contributed by atoms with Crippen molar-refractivity contribution in [1.29, 1.82) is 0 Å². The van der Waals surface area contributed by atoms with E-state index >= 15 is 0 Å². The lowest BCUT2D eigenvalue weighted by Gasteiger charge is -2.27. The van der Waals surface area contributed by atoms with Crippen LogP contribution in [0.5, 0.6) is 5.75 Å². The van der Waals surface area contributed by atoms with Crippen molar-refractivity contribution >= 4 is 23.1 Å². The first-order valence-corrected chi connectivity index (χ1v) is 12.3. The molecule has 36 heavy (non-hydrogen) atoms. The van der Waals surface area contributed by atoms with E-state index in [-0.39, 0.29) is 16.7 Å². The molecular formula is C31H33NO4. The normalized spacial score (nSPS) is 17.5. The number of aliphatic hydroxyl groups is 1. The van der Waals surface area contributed by atoms with Crippen LogP contribution in [0.25, 0.3) is 5.76 Å². The smallest absolute Gasteiger partial charge is 0.300 e. The topological polar surface area (TPSA) is 66.8 Å². The number of anilines is 1. The predicted molar refractivity (Wildman–Crippen MR) is 143 cm³/mol. The first-order chi connectivity index (χ1) is 17.1. The van der Waals surface area contributed by atoms with E-state index in [4.69, 9.17) is 4.74 Å². The number of Topliss-reactive ketones (excluding diaryl/α,β-unsaturated/α-hetero) is 1. The zero-order chi connectivity index (χ0) is 26.2. The van der Waals surface area contributed by atoms with Crippen LogP contribution in [-0.2, 0) is 15.0 Å². The molecule has 1 atom stereocenters. The molecule has 5 heteroatoms. The molecule has 0 bridgehead atoms. The molecule has 0 aliphatic carbocycles. The Kier molecular flexibility index (Phi) is 6.77. The number of ketones is 1. The largest absolute Gasteiger partial charge is 0.507 e. The molecule has 5 nitrogen and oxygen atoms in total. The van der Waals surface area contributed by atoms with Crippen LogP contribution in [-0.4, -0.2) is 23.4 Å². The fraction of sp³-hybridized carbons (Fsp3) is 0.290. The highest BCUT2D eigenvalue weighted by Crippen LogP contribution is 2.44. The van der Waals surface area contributed by atoms with E-state index in [1.165, 1.54) is 4.90 Å². The third-order valence-electron chi connectivity index (χ3n) is 6.76. The second-order valence-electron chi connectivity index (χ2n) is 10.2. The summed E-state index contributed by atoms with van der Waals surface area (Å²) in [6.07, 6.45) is 0. The van der Waals surface area contributed by atoms with Gasteiger partial charge in [-0.1, -0.05) is 63.2 Å². The Bertz CT molecular complexity index is 1350. The van der Waals surface area contributed by atoms with Gasteiger partial charge in [-0.2, -0.15) is 0 Å². The highest BCUT2D eigenvalue weighted by atomic mass is 16.5. The lowest BCUT2D eigenvalue weighted by molar-refractivity contribution is -0.132. The molecule has 1 N–H and O–H groups in total. The molecule has 1 unspecified atom stereocenters. The number of aryl methyl sites for hydroxylation is 1. The molecule has 1 saturated heterocycles. The van der Waals surface area contributed by atoms with Gasteiger partial charge in [0.2, 0.25) is 0 Å². The Morgan fingerprint density at radius 3 is 2.31 bits per heavy atom. The first-order valence-electron chi connectivity index (χ1n) is 12.3. The van der Waals surface area contributed by atoms with Gasteiger partial charge in [0.1, 0.15) is 11.5 Å². The number of ether oxygens (including phenoxy) is 1. The number of aliphatic hydroxyl groups excluding tert-OH is 1. The van der Waals surface area contributed by atoms with Gasteiger partial charge in [-0.05, 0) is 67.1 Å². The molecule has 0 aromatic heterocycles. The molecule has 1 heterocycles. The van der Waals surface area contributed by atoms with E-state index < -0.39 is 17.7 Å². The Hall–Kier alpha value is -3.86. The van der Waals surface area contributed by atoms with Crippen LogP contribution < -0.4 is 9.64 Å². The maximum Gasteiger partial charge on any atom is 0.300 e. The Morgan fingerprint density at radius 1 is 0.972 bits per heavy atom. The van der Waals surface area contributed by atoms with E-state index in [0.717, 1.165) is 28.0 Å². The Morgan fingerprint density at radius 2 is 1.67 bits per heavy atom. The highest BCUT2D eigenvalue weighted by molar-refractivity contribution is 6.51. The number of carbonyl (C=O) groups is 2. The molecule has 0 saturated carbocycles. The number of carbonyl (C=O) groups excluding carboxylic acids is 2. The molecule has 1 fully saturated rings. The van der Waals surface area contributed by atoms with Gasteiger partial charge in [-0.3, -0.25) is 14.5 Å². The summed E-state index contributed by atoms with van der Waals surface area (Å²) < 4.78 is 5.82. The standard InChI is InChI=1S/C31H33NO4/c1-7-36-25-17-16-22(18-23(25)31(4,5)6)28(33)26-27(21-13-9-8-10-14-21)32(30(35)29(26)34)24-15-11-12-19(2)20(24)3/h8-18,27,33H,7H2,1-6H3/b28-26-. The van der Waals surface area contributed by atoms with Crippen molar-refractivity contribution in [3.63, 3.8) is 0 Å². The van der Waals surface area contributed by atoms with E-state index in [1.54, 1.807) is 6.07 Å². The summed E-state index contributed by atoms with van der Waals surface area (Å²) in [6, 6.07) is 19.7. The van der Waals surface area contributed by atoms with Crippen molar-refractivity contribution in [1.82, 2.24) is 0 Å². The minimum Gasteiger partial charge on any atom is -0.507 e. The third kappa shape index (κ3) is 4.41. The number of hydrogen-bond donors (Lipinski definition) is 1. The molecule has 1 aliphatic rings. The van der Waals surface area contributed by atoms with Gasteiger partial charge in [-0.25, -0.2) is 0 Å². The van der Waals surface area contributed by atoms with Crippen LogP contribution in [0.2, 0.25) is 0 Å². The van der Waals surface area contributed by atoms with Crippen molar-refractivity contribution in [2.24, 2.45) is 0 Å². The number of amides is 1. The van der Waals surface area contributed by atoms with Crippen molar-refractivity contribution in [2.45, 2.75) is 53.0 Å². The van der Waals surface area contributed by atoms with E-state index in [2.05, 4.69) is 20.8 Å². The molecule has 3 aromatic rings. The summed E-state index contributed by atoms with van der Waals surface area (Å²) in [5.74, 6) is -0.810. The second-order valence-corrected chi connectivity index (χ2v) is 10.2. The molecule has 1 aliphatic heterocycles. The monoisotopic (exact) mass is 483 g/mol. The average Bonchev–Trinajstić information content (AvgIpc) is 3.11. The highest BCUT2D eigenvalue weighted by Gasteiger charge is 2.47. The van der Waals surface area contributed by atoms with Crippen LogP contribution in [0.1, 0.15) is 61.6 Å². The maximum atomic E-state index is 13.5. The van der Waals surface area contributed by atoms with Crippen LogP contribution in [0, 0.1) is 13.8 Å². The number of benzene rings is 3.